The summed E-state index contributed by atoms with van der Waals surface area (Å²) < 4.78 is 16.6. The molecule has 0 spiro atoms. The van der Waals surface area contributed by atoms with Gasteiger partial charge in [0.05, 0.1) is 6.61 Å². The predicted octanol–water partition coefficient (Wildman–Crippen LogP) is 4.59. The first-order valence-corrected chi connectivity index (χ1v) is 11.2. The van der Waals surface area contributed by atoms with Gasteiger partial charge >= 0.3 is 14.5 Å². The summed E-state index contributed by atoms with van der Waals surface area (Å²) in [5, 5.41) is 0. The number of unbranched alkanes of at least 4 members (excludes halogenated alkanes) is 6. The molecule has 130 valence electrons. The lowest BCUT2D eigenvalue weighted by molar-refractivity contribution is -0.137. The fraction of sp³-hybridized carbons (Fsp3) is 0.824. The molecule has 0 aliphatic heterocycles. The number of carbonyl (C=O) groups is 1. The second-order valence-electron chi connectivity index (χ2n) is 5.60. The fourth-order valence-corrected chi connectivity index (χ4v) is 4.95. The van der Waals surface area contributed by atoms with Crippen molar-refractivity contribution in [2.45, 2.75) is 71.4 Å². The number of esters is 1. The molecule has 0 radical (unpaired) electrons. The normalized spacial score (nSPS) is 11.4. The average Bonchev–Trinajstić information content (AvgIpc) is 2.49. The molecular weight excluding hydrogens is 296 g/mol. The van der Waals surface area contributed by atoms with E-state index in [1.54, 1.807) is 0 Å². The first-order valence-electron chi connectivity index (χ1n) is 8.65. The molecule has 0 aromatic carbocycles. The quantitative estimate of drug-likeness (QED) is 0.191. The Bertz CT molecular complexity index is 288. The first-order chi connectivity index (χ1) is 10.6. The fourth-order valence-electron chi connectivity index (χ4n) is 2.46. The van der Waals surface area contributed by atoms with Crippen molar-refractivity contribution in [3.05, 3.63) is 12.7 Å². The zero-order valence-corrected chi connectivity index (χ0v) is 15.7. The van der Waals surface area contributed by atoms with Gasteiger partial charge in [-0.25, -0.2) is 4.79 Å². The summed E-state index contributed by atoms with van der Waals surface area (Å²) in [4.78, 5) is 10.8. The Hall–Kier alpha value is -0.653. The summed E-state index contributed by atoms with van der Waals surface area (Å²) in [6.07, 6.45) is 9.42. The lowest BCUT2D eigenvalue weighted by Crippen LogP contribution is -2.38. The van der Waals surface area contributed by atoms with Crippen molar-refractivity contribution in [3.8, 4) is 0 Å². The van der Waals surface area contributed by atoms with Gasteiger partial charge < -0.3 is 13.6 Å². The molecule has 0 aliphatic carbocycles. The second kappa shape index (κ2) is 14.0. The Morgan fingerprint density at radius 3 is 1.95 bits per heavy atom. The van der Waals surface area contributed by atoms with E-state index in [4.69, 9.17) is 13.6 Å². The molecule has 5 heteroatoms. The SMILES string of the molecule is C=CC(=O)OCCCCCCCCC[Si](C)(OCC)OCC. The van der Waals surface area contributed by atoms with E-state index in [1.807, 2.05) is 13.8 Å². The van der Waals surface area contributed by atoms with Crippen LogP contribution >= 0.6 is 0 Å². The Morgan fingerprint density at radius 1 is 0.955 bits per heavy atom. The van der Waals surface area contributed by atoms with E-state index in [0.29, 0.717) is 6.61 Å². The second-order valence-corrected chi connectivity index (χ2v) is 8.94. The number of hydrogen-bond acceptors (Lipinski definition) is 4. The summed E-state index contributed by atoms with van der Waals surface area (Å²) in [6.45, 7) is 11.6. The van der Waals surface area contributed by atoms with Crippen molar-refractivity contribution in [3.63, 3.8) is 0 Å². The van der Waals surface area contributed by atoms with Crippen LogP contribution in [0.2, 0.25) is 12.6 Å². The molecule has 0 aromatic heterocycles. The van der Waals surface area contributed by atoms with Gasteiger partial charge in [-0.15, -0.1) is 0 Å². The third kappa shape index (κ3) is 11.9. The minimum Gasteiger partial charge on any atom is -0.463 e. The van der Waals surface area contributed by atoms with Crippen molar-refractivity contribution in [1.82, 2.24) is 0 Å². The molecule has 0 atom stereocenters. The minimum atomic E-state index is -1.91. The van der Waals surface area contributed by atoms with Gasteiger partial charge in [0, 0.05) is 19.3 Å². The van der Waals surface area contributed by atoms with Crippen LogP contribution in [0, 0.1) is 0 Å². The summed E-state index contributed by atoms with van der Waals surface area (Å²) >= 11 is 0. The zero-order chi connectivity index (χ0) is 16.7. The van der Waals surface area contributed by atoms with Crippen LogP contribution in [-0.2, 0) is 18.4 Å². The minimum absolute atomic E-state index is 0.323. The lowest BCUT2D eigenvalue weighted by atomic mass is 10.1. The maximum Gasteiger partial charge on any atom is 0.334 e. The third-order valence-electron chi connectivity index (χ3n) is 3.59. The number of ether oxygens (including phenoxy) is 1. The smallest absolute Gasteiger partial charge is 0.334 e. The van der Waals surface area contributed by atoms with Crippen LogP contribution < -0.4 is 0 Å². The van der Waals surface area contributed by atoms with Gasteiger partial charge in [-0.1, -0.05) is 45.1 Å². The van der Waals surface area contributed by atoms with Gasteiger partial charge in [0.1, 0.15) is 0 Å². The third-order valence-corrected chi connectivity index (χ3v) is 6.65. The molecule has 0 saturated heterocycles. The van der Waals surface area contributed by atoms with Crippen LogP contribution in [0.3, 0.4) is 0 Å². The molecule has 4 nitrogen and oxygen atoms in total. The molecule has 0 unspecified atom stereocenters. The maximum atomic E-state index is 10.8. The topological polar surface area (TPSA) is 44.8 Å². The highest BCUT2D eigenvalue weighted by Crippen LogP contribution is 2.19. The summed E-state index contributed by atoms with van der Waals surface area (Å²) in [5.41, 5.74) is 0. The number of hydrogen-bond donors (Lipinski definition) is 0. The Kier molecular flexibility index (Phi) is 13.6. The largest absolute Gasteiger partial charge is 0.463 e. The summed E-state index contributed by atoms with van der Waals surface area (Å²) in [5.74, 6) is -0.323. The molecule has 0 saturated carbocycles. The Morgan fingerprint density at radius 2 is 1.45 bits per heavy atom. The van der Waals surface area contributed by atoms with Crippen LogP contribution in [0.4, 0.5) is 0 Å². The predicted molar refractivity (Wildman–Crippen MR) is 93.2 cm³/mol. The van der Waals surface area contributed by atoms with Crippen molar-refractivity contribution >= 4 is 14.5 Å². The van der Waals surface area contributed by atoms with Crippen LogP contribution in [0.15, 0.2) is 12.7 Å². The average molecular weight is 331 g/mol. The van der Waals surface area contributed by atoms with Crippen LogP contribution in [0.5, 0.6) is 0 Å². The molecular formula is C17H34O4Si. The van der Waals surface area contributed by atoms with Crippen molar-refractivity contribution in [2.75, 3.05) is 19.8 Å². The van der Waals surface area contributed by atoms with Crippen LogP contribution in [0.1, 0.15) is 58.8 Å². The van der Waals surface area contributed by atoms with Gasteiger partial charge in [0.15, 0.2) is 0 Å². The molecule has 0 amide bonds. The Labute approximate surface area is 137 Å². The molecule has 0 aromatic rings. The molecule has 0 heterocycles. The molecule has 0 bridgehead atoms. The highest BCUT2D eigenvalue weighted by molar-refractivity contribution is 6.66. The lowest BCUT2D eigenvalue weighted by Gasteiger charge is -2.25. The van der Waals surface area contributed by atoms with E-state index in [1.165, 1.54) is 38.2 Å². The standard InChI is InChI=1S/C17H34O4Si/c1-5-17(18)19-15-13-11-9-8-10-12-14-16-22(4,20-6-2)21-7-3/h5H,1,6-16H2,2-4H3. The van der Waals surface area contributed by atoms with Crippen LogP contribution in [-0.4, -0.2) is 34.4 Å². The van der Waals surface area contributed by atoms with Gasteiger partial charge in [-0.2, -0.15) is 0 Å². The molecule has 0 aliphatic rings. The Balaban J connectivity index is 3.45. The zero-order valence-electron chi connectivity index (χ0n) is 14.7. The molecule has 0 N–H and O–H groups in total. The number of carbonyl (C=O) groups excluding carboxylic acids is 1. The van der Waals surface area contributed by atoms with E-state index in [9.17, 15) is 4.79 Å². The monoisotopic (exact) mass is 330 g/mol. The maximum absolute atomic E-state index is 10.8. The van der Waals surface area contributed by atoms with E-state index in [0.717, 1.165) is 32.1 Å². The van der Waals surface area contributed by atoms with E-state index < -0.39 is 8.56 Å². The van der Waals surface area contributed by atoms with Gasteiger partial charge in [-0.3, -0.25) is 0 Å². The summed E-state index contributed by atoms with van der Waals surface area (Å²) in [6, 6.07) is 1.09. The number of rotatable bonds is 15. The van der Waals surface area contributed by atoms with E-state index >= 15 is 0 Å². The van der Waals surface area contributed by atoms with Crippen molar-refractivity contribution in [2.24, 2.45) is 0 Å². The van der Waals surface area contributed by atoms with Crippen molar-refractivity contribution in [1.29, 1.82) is 0 Å². The van der Waals surface area contributed by atoms with Gasteiger partial charge in [0.2, 0.25) is 0 Å². The first kappa shape index (κ1) is 21.3. The summed E-state index contributed by atoms with van der Waals surface area (Å²) in [7, 11) is -1.91. The van der Waals surface area contributed by atoms with E-state index in [2.05, 4.69) is 13.1 Å². The van der Waals surface area contributed by atoms with Gasteiger partial charge in [0.25, 0.3) is 0 Å². The highest BCUT2D eigenvalue weighted by Gasteiger charge is 2.29. The van der Waals surface area contributed by atoms with Gasteiger partial charge in [-0.05, 0) is 32.9 Å². The molecule has 0 rings (SSSR count). The molecule has 0 fully saturated rings. The van der Waals surface area contributed by atoms with E-state index in [-0.39, 0.29) is 5.97 Å². The highest BCUT2D eigenvalue weighted by atomic mass is 28.4. The molecule has 22 heavy (non-hydrogen) atoms. The van der Waals surface area contributed by atoms with Crippen LogP contribution in [0.25, 0.3) is 0 Å². The van der Waals surface area contributed by atoms with Crippen molar-refractivity contribution < 1.29 is 18.4 Å².